The first kappa shape index (κ1) is 14.1. The molecule has 0 fully saturated rings. The number of hydrogen-bond donors (Lipinski definition) is 1. The Morgan fingerprint density at radius 2 is 2.06 bits per heavy atom. The minimum absolute atomic E-state index is 0.188. The van der Waals surface area contributed by atoms with Crippen molar-refractivity contribution in [2.24, 2.45) is 0 Å². The van der Waals surface area contributed by atoms with Crippen LogP contribution in [0.5, 0.6) is 0 Å². The van der Waals surface area contributed by atoms with Gasteiger partial charge < -0.3 is 0 Å². The highest BCUT2D eigenvalue weighted by Gasteiger charge is 2.02. The fourth-order valence-electron chi connectivity index (χ4n) is 1.24. The second-order valence-corrected chi connectivity index (χ2v) is 4.84. The van der Waals surface area contributed by atoms with Crippen molar-refractivity contribution in [3.63, 3.8) is 0 Å². The lowest BCUT2D eigenvalue weighted by molar-refractivity contribution is 0.0317. The van der Waals surface area contributed by atoms with E-state index in [1.165, 1.54) is 12.2 Å². The summed E-state index contributed by atoms with van der Waals surface area (Å²) in [6, 6.07) is 9.06. The molecule has 94 valence electrons. The molecule has 3 nitrogen and oxygen atoms in total. The van der Waals surface area contributed by atoms with Gasteiger partial charge >= 0.3 is 0 Å². The fraction of sp³-hybridized carbons (Fsp3) is 0.462. The van der Waals surface area contributed by atoms with Crippen LogP contribution in [0.25, 0.3) is 0 Å². The minimum Gasteiger partial charge on any atom is -0.273 e. The summed E-state index contributed by atoms with van der Waals surface area (Å²) >= 11 is 1.92. The first-order valence-electron chi connectivity index (χ1n) is 5.89. The van der Waals surface area contributed by atoms with Crippen LogP contribution in [-0.4, -0.2) is 24.0 Å². The summed E-state index contributed by atoms with van der Waals surface area (Å²) in [4.78, 5) is 16.7. The summed E-state index contributed by atoms with van der Waals surface area (Å²) in [5.74, 6) is 2.08. The molecule has 0 heterocycles. The number of carbonyl (C=O) groups is 1. The quantitative estimate of drug-likeness (QED) is 0.572. The van der Waals surface area contributed by atoms with Crippen LogP contribution in [0.1, 0.15) is 30.1 Å². The van der Waals surface area contributed by atoms with Crippen molar-refractivity contribution < 1.29 is 9.63 Å². The average molecular weight is 253 g/mol. The number of benzene rings is 1. The van der Waals surface area contributed by atoms with Gasteiger partial charge in [-0.1, -0.05) is 25.1 Å². The smallest absolute Gasteiger partial charge is 0.273 e. The molecule has 17 heavy (non-hydrogen) atoms. The van der Waals surface area contributed by atoms with Gasteiger partial charge in [0, 0.05) is 5.56 Å². The molecule has 0 unspecified atom stereocenters. The molecule has 0 aliphatic carbocycles. The highest BCUT2D eigenvalue weighted by atomic mass is 32.2. The molecule has 0 spiro atoms. The lowest BCUT2D eigenvalue weighted by Crippen LogP contribution is -2.24. The van der Waals surface area contributed by atoms with E-state index in [0.29, 0.717) is 12.2 Å². The van der Waals surface area contributed by atoms with Crippen molar-refractivity contribution in [1.82, 2.24) is 5.48 Å². The van der Waals surface area contributed by atoms with E-state index in [2.05, 4.69) is 12.4 Å². The maximum atomic E-state index is 11.5. The first-order valence-corrected chi connectivity index (χ1v) is 7.05. The molecule has 1 N–H and O–H groups in total. The number of carbonyl (C=O) groups excluding carboxylic acids is 1. The van der Waals surface area contributed by atoms with E-state index in [-0.39, 0.29) is 5.91 Å². The molecule has 0 aliphatic heterocycles. The number of hydroxylamine groups is 1. The molecule has 1 aromatic carbocycles. The number of amides is 1. The summed E-state index contributed by atoms with van der Waals surface area (Å²) < 4.78 is 0. The molecule has 1 amide bonds. The van der Waals surface area contributed by atoms with Crippen molar-refractivity contribution in [2.75, 3.05) is 18.1 Å². The van der Waals surface area contributed by atoms with Gasteiger partial charge in [-0.3, -0.25) is 9.63 Å². The van der Waals surface area contributed by atoms with Crippen molar-refractivity contribution in [1.29, 1.82) is 0 Å². The Kier molecular flexibility index (Phi) is 7.51. The van der Waals surface area contributed by atoms with Gasteiger partial charge in [-0.05, 0) is 36.5 Å². The zero-order chi connectivity index (χ0) is 12.3. The van der Waals surface area contributed by atoms with E-state index >= 15 is 0 Å². The van der Waals surface area contributed by atoms with Crippen LogP contribution >= 0.6 is 11.8 Å². The Morgan fingerprint density at radius 1 is 1.29 bits per heavy atom. The Morgan fingerprint density at radius 3 is 2.76 bits per heavy atom. The molecule has 1 aromatic rings. The Hall–Kier alpha value is -1.00. The summed E-state index contributed by atoms with van der Waals surface area (Å²) in [6.45, 7) is 2.73. The van der Waals surface area contributed by atoms with Gasteiger partial charge in [0.05, 0.1) is 6.61 Å². The van der Waals surface area contributed by atoms with Crippen molar-refractivity contribution in [2.45, 2.75) is 19.8 Å². The first-order chi connectivity index (χ1) is 8.34. The van der Waals surface area contributed by atoms with E-state index in [0.717, 1.165) is 12.2 Å². The van der Waals surface area contributed by atoms with Crippen LogP contribution in [0.2, 0.25) is 0 Å². The van der Waals surface area contributed by atoms with Crippen LogP contribution in [0, 0.1) is 0 Å². The molecule has 0 bridgehead atoms. The number of thioether (sulfide) groups is 1. The van der Waals surface area contributed by atoms with Crippen LogP contribution in [0.15, 0.2) is 30.3 Å². The third-order valence-corrected chi connectivity index (χ3v) is 3.36. The summed E-state index contributed by atoms with van der Waals surface area (Å²) in [5, 5.41) is 0. The van der Waals surface area contributed by atoms with Gasteiger partial charge in [0.1, 0.15) is 0 Å². The van der Waals surface area contributed by atoms with E-state index < -0.39 is 0 Å². The van der Waals surface area contributed by atoms with Gasteiger partial charge in [-0.15, -0.1) is 0 Å². The molecule has 0 saturated heterocycles. The van der Waals surface area contributed by atoms with Crippen LogP contribution in [0.4, 0.5) is 0 Å². The fourth-order valence-corrected chi connectivity index (χ4v) is 2.06. The zero-order valence-electron chi connectivity index (χ0n) is 10.1. The Balaban J connectivity index is 2.05. The van der Waals surface area contributed by atoms with Gasteiger partial charge in [0.2, 0.25) is 0 Å². The van der Waals surface area contributed by atoms with Crippen molar-refractivity contribution in [3.8, 4) is 0 Å². The SMILES string of the molecule is CCCSCCCONC(=O)c1ccccc1. The van der Waals surface area contributed by atoms with E-state index in [4.69, 9.17) is 4.84 Å². The largest absolute Gasteiger partial charge is 0.274 e. The number of nitrogens with one attached hydrogen (secondary N) is 1. The minimum atomic E-state index is -0.188. The van der Waals surface area contributed by atoms with Crippen LogP contribution in [0.3, 0.4) is 0 Å². The van der Waals surface area contributed by atoms with Crippen LogP contribution in [-0.2, 0) is 4.84 Å². The second kappa shape index (κ2) is 9.07. The standard InChI is InChI=1S/C13H19NO2S/c1-2-10-17-11-6-9-16-14-13(15)12-7-4-3-5-8-12/h3-5,7-8H,2,6,9-11H2,1H3,(H,14,15). The van der Waals surface area contributed by atoms with E-state index in [1.54, 1.807) is 12.1 Å². The highest BCUT2D eigenvalue weighted by Crippen LogP contribution is 2.03. The molecule has 0 saturated carbocycles. The molecular weight excluding hydrogens is 234 g/mol. The summed E-state index contributed by atoms with van der Waals surface area (Å²) in [6.07, 6.45) is 2.16. The van der Waals surface area contributed by atoms with Crippen molar-refractivity contribution in [3.05, 3.63) is 35.9 Å². The predicted octanol–water partition coefficient (Wildman–Crippen LogP) is 2.88. The third kappa shape index (κ3) is 6.34. The van der Waals surface area contributed by atoms with Crippen LogP contribution < -0.4 is 5.48 Å². The summed E-state index contributed by atoms with van der Waals surface area (Å²) in [7, 11) is 0. The lowest BCUT2D eigenvalue weighted by Gasteiger charge is -2.05. The lowest BCUT2D eigenvalue weighted by atomic mass is 10.2. The third-order valence-electron chi connectivity index (χ3n) is 2.08. The summed E-state index contributed by atoms with van der Waals surface area (Å²) in [5.41, 5.74) is 3.06. The second-order valence-electron chi connectivity index (χ2n) is 3.61. The molecule has 0 atom stereocenters. The van der Waals surface area contributed by atoms with E-state index in [9.17, 15) is 4.79 Å². The van der Waals surface area contributed by atoms with Crippen molar-refractivity contribution >= 4 is 17.7 Å². The molecule has 0 aliphatic rings. The zero-order valence-corrected chi connectivity index (χ0v) is 11.0. The van der Waals surface area contributed by atoms with Gasteiger partial charge in [0.15, 0.2) is 0 Å². The van der Waals surface area contributed by atoms with Gasteiger partial charge in [-0.25, -0.2) is 5.48 Å². The number of hydrogen-bond acceptors (Lipinski definition) is 3. The Bertz CT molecular complexity index is 316. The monoisotopic (exact) mass is 253 g/mol. The molecule has 0 radical (unpaired) electrons. The predicted molar refractivity (Wildman–Crippen MR) is 72.1 cm³/mol. The topological polar surface area (TPSA) is 38.3 Å². The molecule has 0 aromatic heterocycles. The highest BCUT2D eigenvalue weighted by molar-refractivity contribution is 7.99. The maximum Gasteiger partial charge on any atom is 0.274 e. The normalized spacial score (nSPS) is 10.2. The average Bonchev–Trinajstić information content (AvgIpc) is 2.38. The molecular formula is C13H19NO2S. The number of rotatable bonds is 8. The van der Waals surface area contributed by atoms with Gasteiger partial charge in [0.25, 0.3) is 5.91 Å². The van der Waals surface area contributed by atoms with Gasteiger partial charge in [-0.2, -0.15) is 11.8 Å². The molecule has 4 heteroatoms. The maximum absolute atomic E-state index is 11.5. The molecule has 1 rings (SSSR count). The Labute approximate surface area is 107 Å². The van der Waals surface area contributed by atoms with E-state index in [1.807, 2.05) is 30.0 Å².